The Labute approximate surface area is 166 Å². The van der Waals surface area contributed by atoms with E-state index in [1.54, 1.807) is 0 Å². The minimum Gasteiger partial charge on any atom is -0.371 e. The van der Waals surface area contributed by atoms with Gasteiger partial charge in [-0.05, 0) is 25.0 Å². The van der Waals surface area contributed by atoms with E-state index in [0.717, 1.165) is 56.1 Å². The summed E-state index contributed by atoms with van der Waals surface area (Å²) in [6, 6.07) is 14.2. The molecule has 6 nitrogen and oxygen atoms in total. The number of nitrogens with zero attached hydrogens (tertiary/aromatic N) is 4. The van der Waals surface area contributed by atoms with Crippen molar-refractivity contribution >= 4 is 11.7 Å². The van der Waals surface area contributed by atoms with E-state index in [0.29, 0.717) is 6.61 Å². The molecule has 0 radical (unpaired) electrons. The number of ether oxygens (including phenoxy) is 1. The van der Waals surface area contributed by atoms with Gasteiger partial charge in [0.2, 0.25) is 5.91 Å². The van der Waals surface area contributed by atoms with Gasteiger partial charge in [-0.1, -0.05) is 44.2 Å². The summed E-state index contributed by atoms with van der Waals surface area (Å²) in [5, 5.41) is 8.91. The van der Waals surface area contributed by atoms with Crippen LogP contribution in [0.4, 0.5) is 5.82 Å². The highest BCUT2D eigenvalue weighted by atomic mass is 16.5. The molecule has 4 rings (SSSR count). The molecule has 0 unspecified atom stereocenters. The Balaban J connectivity index is 1.42. The van der Waals surface area contributed by atoms with Crippen LogP contribution in [0.2, 0.25) is 0 Å². The van der Waals surface area contributed by atoms with Gasteiger partial charge in [-0.2, -0.15) is 0 Å². The van der Waals surface area contributed by atoms with Crippen LogP contribution in [-0.4, -0.2) is 59.4 Å². The Bertz CT molecular complexity index is 799. The van der Waals surface area contributed by atoms with Crippen LogP contribution in [0.1, 0.15) is 26.7 Å². The molecule has 1 spiro atoms. The maximum absolute atomic E-state index is 12.3. The lowest BCUT2D eigenvalue weighted by atomic mass is 9.89. The number of carbonyl (C=O) groups excluding carboxylic acids is 1. The molecule has 2 saturated heterocycles. The molecule has 1 amide bonds. The number of piperidine rings is 1. The number of carbonyl (C=O) groups is 1. The van der Waals surface area contributed by atoms with Crippen LogP contribution < -0.4 is 4.90 Å². The van der Waals surface area contributed by atoms with Crippen LogP contribution in [0.5, 0.6) is 0 Å². The molecule has 0 aliphatic carbocycles. The standard InChI is InChI=1S/C22H28N4O2/c1-17(2)21(27)25-12-10-22(11-13-25)16-26(14-15-28-22)20-9-8-19(23-24-20)18-6-4-3-5-7-18/h3-9,17H,10-16H2,1-2H3. The van der Waals surface area contributed by atoms with Crippen LogP contribution >= 0.6 is 0 Å². The number of anilines is 1. The average Bonchev–Trinajstić information content (AvgIpc) is 2.75. The molecular weight excluding hydrogens is 352 g/mol. The highest BCUT2D eigenvalue weighted by Gasteiger charge is 2.41. The molecule has 6 heteroatoms. The zero-order chi connectivity index (χ0) is 19.6. The van der Waals surface area contributed by atoms with Gasteiger partial charge in [-0.3, -0.25) is 4.79 Å². The van der Waals surface area contributed by atoms with Crippen molar-refractivity contribution in [3.63, 3.8) is 0 Å². The van der Waals surface area contributed by atoms with E-state index >= 15 is 0 Å². The van der Waals surface area contributed by atoms with E-state index in [-0.39, 0.29) is 17.4 Å². The molecule has 148 valence electrons. The first-order valence-corrected chi connectivity index (χ1v) is 10.1. The summed E-state index contributed by atoms with van der Waals surface area (Å²) < 4.78 is 6.21. The predicted molar refractivity (Wildman–Crippen MR) is 109 cm³/mol. The van der Waals surface area contributed by atoms with Gasteiger partial charge in [0.25, 0.3) is 0 Å². The van der Waals surface area contributed by atoms with E-state index in [2.05, 4.69) is 15.1 Å². The highest BCUT2D eigenvalue weighted by molar-refractivity contribution is 5.78. The molecule has 1 aromatic carbocycles. The number of morpholine rings is 1. The van der Waals surface area contributed by atoms with E-state index < -0.39 is 0 Å². The normalized spacial score (nSPS) is 19.2. The Hall–Kier alpha value is -2.47. The molecule has 1 aromatic heterocycles. The van der Waals surface area contributed by atoms with E-state index in [1.165, 1.54) is 0 Å². The minimum absolute atomic E-state index is 0.0521. The molecule has 0 bridgehead atoms. The van der Waals surface area contributed by atoms with Gasteiger partial charge in [0.05, 0.1) is 17.9 Å². The van der Waals surface area contributed by atoms with Gasteiger partial charge < -0.3 is 14.5 Å². The van der Waals surface area contributed by atoms with Crippen molar-refractivity contribution < 1.29 is 9.53 Å². The van der Waals surface area contributed by atoms with Gasteiger partial charge >= 0.3 is 0 Å². The lowest BCUT2D eigenvalue weighted by Gasteiger charge is -2.47. The Morgan fingerprint density at radius 2 is 1.79 bits per heavy atom. The summed E-state index contributed by atoms with van der Waals surface area (Å²) in [6.07, 6.45) is 1.75. The van der Waals surface area contributed by atoms with Crippen LogP contribution in [0.15, 0.2) is 42.5 Å². The number of aromatic nitrogens is 2. The fourth-order valence-corrected chi connectivity index (χ4v) is 4.10. The average molecular weight is 380 g/mol. The van der Waals surface area contributed by atoms with Crippen molar-refractivity contribution in [2.75, 3.05) is 37.7 Å². The monoisotopic (exact) mass is 380 g/mol. The zero-order valence-corrected chi connectivity index (χ0v) is 16.7. The second kappa shape index (κ2) is 7.87. The Kier molecular flexibility index (Phi) is 5.31. The third-order valence-electron chi connectivity index (χ3n) is 5.77. The second-order valence-electron chi connectivity index (χ2n) is 8.08. The lowest BCUT2D eigenvalue weighted by molar-refractivity contribution is -0.142. The smallest absolute Gasteiger partial charge is 0.225 e. The fraction of sp³-hybridized carbons (Fsp3) is 0.500. The number of hydrogen-bond acceptors (Lipinski definition) is 5. The van der Waals surface area contributed by atoms with Crippen LogP contribution in [0, 0.1) is 5.92 Å². The van der Waals surface area contributed by atoms with Crippen molar-refractivity contribution in [3.8, 4) is 11.3 Å². The van der Waals surface area contributed by atoms with Gasteiger partial charge in [-0.25, -0.2) is 0 Å². The Morgan fingerprint density at radius 1 is 1.04 bits per heavy atom. The molecule has 0 N–H and O–H groups in total. The first kappa shape index (κ1) is 18.9. The summed E-state index contributed by atoms with van der Waals surface area (Å²) in [6.45, 7) is 7.76. The van der Waals surface area contributed by atoms with Crippen molar-refractivity contribution in [1.29, 1.82) is 0 Å². The van der Waals surface area contributed by atoms with Gasteiger partial charge in [0, 0.05) is 37.7 Å². The van der Waals surface area contributed by atoms with Crippen LogP contribution in [-0.2, 0) is 9.53 Å². The fourth-order valence-electron chi connectivity index (χ4n) is 4.10. The zero-order valence-electron chi connectivity index (χ0n) is 16.7. The quantitative estimate of drug-likeness (QED) is 0.819. The van der Waals surface area contributed by atoms with Gasteiger partial charge in [0.1, 0.15) is 0 Å². The number of hydrogen-bond donors (Lipinski definition) is 0. The first-order valence-electron chi connectivity index (χ1n) is 10.1. The first-order chi connectivity index (χ1) is 13.6. The molecule has 0 atom stereocenters. The van der Waals surface area contributed by atoms with Crippen LogP contribution in [0.3, 0.4) is 0 Å². The van der Waals surface area contributed by atoms with Crippen LogP contribution in [0.25, 0.3) is 11.3 Å². The maximum atomic E-state index is 12.3. The molecular formula is C22H28N4O2. The number of rotatable bonds is 3. The number of benzene rings is 1. The molecule has 0 saturated carbocycles. The summed E-state index contributed by atoms with van der Waals surface area (Å²) in [4.78, 5) is 16.5. The third-order valence-corrected chi connectivity index (χ3v) is 5.77. The predicted octanol–water partition coefficient (Wildman–Crippen LogP) is 3.00. The highest BCUT2D eigenvalue weighted by Crippen LogP contribution is 2.32. The second-order valence-corrected chi connectivity index (χ2v) is 8.08. The van der Waals surface area contributed by atoms with E-state index in [1.807, 2.05) is 61.2 Å². The molecule has 2 fully saturated rings. The SMILES string of the molecule is CC(C)C(=O)N1CCC2(CC1)CN(c1ccc(-c3ccccc3)nn1)CCO2. The topological polar surface area (TPSA) is 58.6 Å². The largest absolute Gasteiger partial charge is 0.371 e. The minimum atomic E-state index is -0.189. The van der Waals surface area contributed by atoms with E-state index in [4.69, 9.17) is 4.74 Å². The molecule has 28 heavy (non-hydrogen) atoms. The van der Waals surface area contributed by atoms with Crippen molar-refractivity contribution in [2.45, 2.75) is 32.3 Å². The van der Waals surface area contributed by atoms with Gasteiger partial charge in [0.15, 0.2) is 5.82 Å². The molecule has 3 heterocycles. The summed E-state index contributed by atoms with van der Waals surface area (Å²) in [7, 11) is 0. The lowest BCUT2D eigenvalue weighted by Crippen LogP contribution is -2.58. The van der Waals surface area contributed by atoms with Crippen molar-refractivity contribution in [3.05, 3.63) is 42.5 Å². The number of likely N-dealkylation sites (tertiary alicyclic amines) is 1. The summed E-state index contributed by atoms with van der Waals surface area (Å²) in [5.41, 5.74) is 1.77. The van der Waals surface area contributed by atoms with Crippen molar-refractivity contribution in [1.82, 2.24) is 15.1 Å². The van der Waals surface area contributed by atoms with E-state index in [9.17, 15) is 4.79 Å². The molecule has 2 aliphatic heterocycles. The number of amides is 1. The molecule has 2 aliphatic rings. The van der Waals surface area contributed by atoms with Gasteiger partial charge in [-0.15, -0.1) is 10.2 Å². The molecule has 2 aromatic rings. The summed E-state index contributed by atoms with van der Waals surface area (Å²) >= 11 is 0. The van der Waals surface area contributed by atoms with Crippen molar-refractivity contribution in [2.24, 2.45) is 5.92 Å². The summed E-state index contributed by atoms with van der Waals surface area (Å²) in [5.74, 6) is 1.18. The Morgan fingerprint density at radius 3 is 2.43 bits per heavy atom. The third kappa shape index (κ3) is 3.87. The maximum Gasteiger partial charge on any atom is 0.225 e.